The van der Waals surface area contributed by atoms with Gasteiger partial charge in [0, 0.05) is 19.2 Å². The van der Waals surface area contributed by atoms with Crippen molar-refractivity contribution in [2.45, 2.75) is 32.5 Å². The molecule has 31 heavy (non-hydrogen) atoms. The van der Waals surface area contributed by atoms with Crippen LogP contribution in [0.1, 0.15) is 25.0 Å². The number of benzene rings is 2. The van der Waals surface area contributed by atoms with Gasteiger partial charge in [-0.2, -0.15) is 0 Å². The number of carbonyl (C=O) groups excluding carboxylic acids is 3. The Balaban J connectivity index is 1.94. The zero-order chi connectivity index (χ0) is 22.4. The molecule has 0 saturated carbocycles. The molecule has 1 N–H and O–H groups in total. The lowest BCUT2D eigenvalue weighted by atomic mass is 9.89. The maximum absolute atomic E-state index is 13.4. The number of ether oxygens (including phenoxy) is 2. The highest BCUT2D eigenvalue weighted by molar-refractivity contribution is 6.17. The standard InChI is InChI=1S/C24H26N2O5/c1-4-31-23(29)24(22(28)25-15-18-8-6-5-7-9-18)17(2)14-21(27)26(24)16-19-10-12-20(30-3)13-11-19/h5-14H,4,15-16H2,1-3H3,(H,25,28). The second-order valence-corrected chi connectivity index (χ2v) is 7.20. The van der Waals surface area contributed by atoms with Crippen molar-refractivity contribution in [1.29, 1.82) is 0 Å². The van der Waals surface area contributed by atoms with E-state index >= 15 is 0 Å². The van der Waals surface area contributed by atoms with E-state index in [0.29, 0.717) is 11.3 Å². The Morgan fingerprint density at radius 3 is 2.32 bits per heavy atom. The molecule has 0 saturated heterocycles. The summed E-state index contributed by atoms with van der Waals surface area (Å²) < 4.78 is 10.4. The number of nitrogens with one attached hydrogen (secondary N) is 1. The minimum atomic E-state index is -1.86. The molecular weight excluding hydrogens is 396 g/mol. The summed E-state index contributed by atoms with van der Waals surface area (Å²) in [6.45, 7) is 3.64. The molecule has 1 atom stereocenters. The highest BCUT2D eigenvalue weighted by Gasteiger charge is 2.58. The molecule has 0 aromatic heterocycles. The predicted molar refractivity (Wildman–Crippen MR) is 115 cm³/mol. The minimum absolute atomic E-state index is 0.0637. The van der Waals surface area contributed by atoms with Crippen molar-refractivity contribution in [3.05, 3.63) is 77.4 Å². The maximum atomic E-state index is 13.4. The Hall–Kier alpha value is -3.61. The molecule has 3 rings (SSSR count). The van der Waals surface area contributed by atoms with Crippen molar-refractivity contribution in [3.63, 3.8) is 0 Å². The molecule has 0 aliphatic carbocycles. The molecule has 7 nitrogen and oxygen atoms in total. The number of esters is 1. The number of nitrogens with zero attached hydrogens (tertiary/aromatic N) is 1. The van der Waals surface area contributed by atoms with Crippen LogP contribution in [0, 0.1) is 0 Å². The molecule has 0 bridgehead atoms. The van der Waals surface area contributed by atoms with Crippen LogP contribution in [-0.2, 0) is 32.2 Å². The van der Waals surface area contributed by atoms with E-state index in [1.807, 2.05) is 30.3 Å². The summed E-state index contributed by atoms with van der Waals surface area (Å²) in [5.41, 5.74) is 0.0984. The number of amides is 2. The van der Waals surface area contributed by atoms with E-state index in [4.69, 9.17) is 9.47 Å². The Kier molecular flexibility index (Phi) is 6.74. The van der Waals surface area contributed by atoms with Crippen LogP contribution in [0.25, 0.3) is 0 Å². The molecule has 0 spiro atoms. The molecule has 7 heteroatoms. The summed E-state index contributed by atoms with van der Waals surface area (Å²) in [6, 6.07) is 16.4. The molecule has 1 heterocycles. The van der Waals surface area contributed by atoms with Crippen LogP contribution in [0.4, 0.5) is 0 Å². The van der Waals surface area contributed by atoms with Gasteiger partial charge < -0.3 is 19.7 Å². The first kappa shape index (κ1) is 22.1. The van der Waals surface area contributed by atoms with Gasteiger partial charge in [-0.25, -0.2) is 4.79 Å². The first-order valence-electron chi connectivity index (χ1n) is 10.1. The molecule has 162 valence electrons. The number of hydrogen-bond acceptors (Lipinski definition) is 5. The van der Waals surface area contributed by atoms with Gasteiger partial charge in [0.2, 0.25) is 11.4 Å². The van der Waals surface area contributed by atoms with Gasteiger partial charge in [-0.15, -0.1) is 0 Å². The average molecular weight is 422 g/mol. The van der Waals surface area contributed by atoms with Crippen molar-refractivity contribution in [2.75, 3.05) is 13.7 Å². The number of methoxy groups -OCH3 is 1. The number of carbonyl (C=O) groups is 3. The van der Waals surface area contributed by atoms with E-state index in [1.54, 1.807) is 45.2 Å². The van der Waals surface area contributed by atoms with E-state index < -0.39 is 23.3 Å². The second kappa shape index (κ2) is 9.47. The average Bonchev–Trinajstić information content (AvgIpc) is 3.03. The van der Waals surface area contributed by atoms with E-state index in [-0.39, 0.29) is 19.7 Å². The zero-order valence-corrected chi connectivity index (χ0v) is 17.9. The highest BCUT2D eigenvalue weighted by Crippen LogP contribution is 2.35. The Morgan fingerprint density at radius 1 is 1.03 bits per heavy atom. The fraction of sp³-hybridized carbons (Fsp3) is 0.292. The summed E-state index contributed by atoms with van der Waals surface area (Å²) in [6.07, 6.45) is 1.32. The molecule has 2 aromatic carbocycles. The quantitative estimate of drug-likeness (QED) is 0.522. The third kappa shape index (κ3) is 4.30. The van der Waals surface area contributed by atoms with Gasteiger partial charge in [0.25, 0.3) is 5.91 Å². The second-order valence-electron chi connectivity index (χ2n) is 7.20. The van der Waals surface area contributed by atoms with Crippen LogP contribution in [0.15, 0.2) is 66.2 Å². The fourth-order valence-corrected chi connectivity index (χ4v) is 3.66. The lowest BCUT2D eigenvalue weighted by Crippen LogP contribution is -2.63. The Morgan fingerprint density at radius 2 is 1.71 bits per heavy atom. The first-order valence-corrected chi connectivity index (χ1v) is 10.1. The van der Waals surface area contributed by atoms with E-state index in [2.05, 4.69) is 5.32 Å². The van der Waals surface area contributed by atoms with E-state index in [0.717, 1.165) is 11.1 Å². The van der Waals surface area contributed by atoms with E-state index in [9.17, 15) is 14.4 Å². The molecular formula is C24H26N2O5. The third-order valence-corrected chi connectivity index (χ3v) is 5.28. The van der Waals surface area contributed by atoms with Gasteiger partial charge in [0.1, 0.15) is 5.75 Å². The smallest absolute Gasteiger partial charge is 0.346 e. The van der Waals surface area contributed by atoms with Crippen LogP contribution >= 0.6 is 0 Å². The summed E-state index contributed by atoms with van der Waals surface area (Å²) in [4.78, 5) is 40.7. The maximum Gasteiger partial charge on any atom is 0.346 e. The Labute approximate surface area is 181 Å². The molecule has 0 radical (unpaired) electrons. The zero-order valence-electron chi connectivity index (χ0n) is 17.9. The summed E-state index contributed by atoms with van der Waals surface area (Å²) in [5, 5.41) is 2.81. The van der Waals surface area contributed by atoms with Gasteiger partial charge >= 0.3 is 5.97 Å². The van der Waals surface area contributed by atoms with Gasteiger partial charge in [-0.1, -0.05) is 42.5 Å². The molecule has 1 unspecified atom stereocenters. The molecule has 2 amide bonds. The minimum Gasteiger partial charge on any atom is -0.497 e. The first-order chi connectivity index (χ1) is 14.9. The SMILES string of the molecule is CCOC(=O)C1(C(=O)NCc2ccccc2)C(C)=CC(=O)N1Cc1ccc(OC)cc1. The van der Waals surface area contributed by atoms with Gasteiger partial charge in [-0.3, -0.25) is 9.59 Å². The van der Waals surface area contributed by atoms with Crippen LogP contribution in [0.3, 0.4) is 0 Å². The molecule has 0 fully saturated rings. The monoisotopic (exact) mass is 422 g/mol. The molecule has 1 aliphatic heterocycles. The van der Waals surface area contributed by atoms with Gasteiger partial charge in [-0.05, 0) is 42.7 Å². The van der Waals surface area contributed by atoms with Crippen molar-refractivity contribution >= 4 is 17.8 Å². The van der Waals surface area contributed by atoms with Crippen LogP contribution < -0.4 is 10.1 Å². The number of hydrogen-bond donors (Lipinski definition) is 1. The normalized spacial score (nSPS) is 17.8. The highest BCUT2D eigenvalue weighted by atomic mass is 16.5. The summed E-state index contributed by atoms with van der Waals surface area (Å²) in [7, 11) is 1.56. The molecule has 2 aromatic rings. The summed E-state index contributed by atoms with van der Waals surface area (Å²) in [5.74, 6) is -1.11. The van der Waals surface area contributed by atoms with Gasteiger partial charge in [0.05, 0.1) is 13.7 Å². The fourth-order valence-electron chi connectivity index (χ4n) is 3.66. The lowest BCUT2D eigenvalue weighted by Gasteiger charge is -2.36. The van der Waals surface area contributed by atoms with Crippen molar-refractivity contribution in [1.82, 2.24) is 10.2 Å². The van der Waals surface area contributed by atoms with Crippen molar-refractivity contribution < 1.29 is 23.9 Å². The van der Waals surface area contributed by atoms with Gasteiger partial charge in [0.15, 0.2) is 0 Å². The van der Waals surface area contributed by atoms with Crippen LogP contribution in [0.5, 0.6) is 5.75 Å². The van der Waals surface area contributed by atoms with Crippen LogP contribution in [0.2, 0.25) is 0 Å². The Bertz CT molecular complexity index is 985. The molecule has 1 aliphatic rings. The third-order valence-electron chi connectivity index (χ3n) is 5.28. The van der Waals surface area contributed by atoms with Crippen molar-refractivity contribution in [2.24, 2.45) is 0 Å². The topological polar surface area (TPSA) is 84.9 Å². The van der Waals surface area contributed by atoms with Crippen molar-refractivity contribution in [3.8, 4) is 5.75 Å². The van der Waals surface area contributed by atoms with E-state index in [1.165, 1.54) is 11.0 Å². The number of rotatable bonds is 8. The predicted octanol–water partition coefficient (Wildman–Crippen LogP) is 2.60. The largest absolute Gasteiger partial charge is 0.497 e. The lowest BCUT2D eigenvalue weighted by molar-refractivity contribution is -0.164. The summed E-state index contributed by atoms with van der Waals surface area (Å²) >= 11 is 0. The van der Waals surface area contributed by atoms with Crippen LogP contribution in [-0.4, -0.2) is 41.9 Å².